The number of carboxylic acid groups (broad SMARTS) is 1. The van der Waals surface area contributed by atoms with E-state index in [1.54, 1.807) is 23.9 Å². The first-order chi connectivity index (χ1) is 12.1. The summed E-state index contributed by atoms with van der Waals surface area (Å²) in [7, 11) is -3.97. The van der Waals surface area contributed by atoms with E-state index >= 15 is 0 Å². The number of nitrogens with zero attached hydrogens (tertiary/aromatic N) is 2. The lowest BCUT2D eigenvalue weighted by atomic mass is 10.3. The van der Waals surface area contributed by atoms with Crippen LogP contribution in [0.15, 0.2) is 22.1 Å². The second kappa shape index (κ2) is 8.74. The lowest BCUT2D eigenvalue weighted by Crippen LogP contribution is -2.41. The average molecular weight is 439 g/mol. The van der Waals surface area contributed by atoms with Gasteiger partial charge >= 0.3 is 5.97 Å². The molecule has 1 amide bonds. The summed E-state index contributed by atoms with van der Waals surface area (Å²) >= 11 is 7.73. The maximum Gasteiger partial charge on any atom is 0.326 e. The maximum atomic E-state index is 12.4. The summed E-state index contributed by atoms with van der Waals surface area (Å²) in [5, 5.41) is 9.96. The minimum Gasteiger partial charge on any atom is -0.480 e. The molecule has 0 aromatic heterocycles. The predicted octanol–water partition coefficient (Wildman–Crippen LogP) is 1.37. The summed E-state index contributed by atoms with van der Waals surface area (Å²) in [5.41, 5.74) is 0. The molecule has 1 unspecified atom stereocenters. The fourth-order valence-electron chi connectivity index (χ4n) is 2.36. The second-order valence-corrected chi connectivity index (χ2v) is 9.93. The first-order valence-electron chi connectivity index (χ1n) is 7.63. The summed E-state index contributed by atoms with van der Waals surface area (Å²) in [6.07, 6.45) is 3.66. The van der Waals surface area contributed by atoms with Crippen molar-refractivity contribution in [1.82, 2.24) is 9.80 Å². The maximum absolute atomic E-state index is 12.4. The fraction of sp³-hybridized carbons (Fsp3) is 0.500. The van der Waals surface area contributed by atoms with Crippen molar-refractivity contribution in [2.75, 3.05) is 24.6 Å². The van der Waals surface area contributed by atoms with Gasteiger partial charge in [0.05, 0.1) is 15.7 Å². The summed E-state index contributed by atoms with van der Waals surface area (Å²) in [6.45, 7) is 2.62. The molecule has 0 saturated carbocycles. The molecule has 0 radical (unpaired) electrons. The van der Waals surface area contributed by atoms with Crippen molar-refractivity contribution in [1.29, 1.82) is 0 Å². The zero-order valence-corrected chi connectivity index (χ0v) is 17.1. The predicted molar refractivity (Wildman–Crippen MR) is 105 cm³/mol. The van der Waals surface area contributed by atoms with E-state index in [-0.39, 0.29) is 10.1 Å². The van der Waals surface area contributed by atoms with Crippen LogP contribution in [-0.2, 0) is 19.7 Å². The van der Waals surface area contributed by atoms with Crippen LogP contribution in [0, 0.1) is 0 Å². The van der Waals surface area contributed by atoms with E-state index in [1.807, 2.05) is 4.90 Å². The van der Waals surface area contributed by atoms with Gasteiger partial charge in [-0.1, -0.05) is 24.0 Å². The van der Waals surface area contributed by atoms with Crippen LogP contribution in [-0.4, -0.2) is 74.7 Å². The van der Waals surface area contributed by atoms with Gasteiger partial charge in [0, 0.05) is 18.8 Å². The summed E-state index contributed by atoms with van der Waals surface area (Å²) in [5.74, 6) is -1.03. The molecule has 2 heterocycles. The number of rotatable bonds is 7. The first kappa shape index (κ1) is 21.2. The van der Waals surface area contributed by atoms with E-state index in [1.165, 1.54) is 6.92 Å². The molecule has 2 aliphatic heterocycles. The van der Waals surface area contributed by atoms with Crippen molar-refractivity contribution < 1.29 is 27.7 Å². The average Bonchev–Trinajstić information content (AvgIpc) is 3.07. The third-order valence-electron chi connectivity index (χ3n) is 3.70. The van der Waals surface area contributed by atoms with Gasteiger partial charge in [-0.3, -0.25) is 14.2 Å². The first-order valence-corrected chi connectivity index (χ1v) is 11.4. The number of hydrogen-bond donors (Lipinski definition) is 2. The van der Waals surface area contributed by atoms with Gasteiger partial charge in [-0.25, -0.2) is 4.79 Å². The van der Waals surface area contributed by atoms with Crippen molar-refractivity contribution in [3.8, 4) is 0 Å². The normalized spacial score (nSPS) is 22.7. The van der Waals surface area contributed by atoms with Crippen molar-refractivity contribution >= 4 is 62.1 Å². The van der Waals surface area contributed by atoms with E-state index < -0.39 is 28.0 Å². The monoisotopic (exact) mass is 438 g/mol. The molecule has 144 valence electrons. The van der Waals surface area contributed by atoms with E-state index in [9.17, 15) is 18.0 Å². The van der Waals surface area contributed by atoms with Crippen molar-refractivity contribution in [3.05, 3.63) is 22.1 Å². The summed E-state index contributed by atoms with van der Waals surface area (Å²) in [4.78, 5) is 26.9. The number of thiocarbonyl (C=S) groups is 1. The van der Waals surface area contributed by atoms with Crippen molar-refractivity contribution in [3.63, 3.8) is 0 Å². The Labute approximate surface area is 165 Å². The fourth-order valence-corrected chi connectivity index (χ4v) is 5.26. The molecule has 2 saturated heterocycles. The number of aliphatic carboxylic acids is 1. The summed E-state index contributed by atoms with van der Waals surface area (Å²) < 4.78 is 30.6. The van der Waals surface area contributed by atoms with Crippen LogP contribution >= 0.6 is 35.7 Å². The Kier molecular flexibility index (Phi) is 7.13. The molecule has 2 rings (SSSR count). The highest BCUT2D eigenvalue weighted by Gasteiger charge is 2.38. The zero-order chi connectivity index (χ0) is 19.5. The topological polar surface area (TPSA) is 115 Å². The molecule has 0 spiro atoms. The van der Waals surface area contributed by atoms with Crippen molar-refractivity contribution in [2.45, 2.75) is 19.4 Å². The van der Waals surface area contributed by atoms with E-state index in [2.05, 4.69) is 0 Å². The van der Waals surface area contributed by atoms with E-state index in [4.69, 9.17) is 21.9 Å². The smallest absolute Gasteiger partial charge is 0.326 e. The molecule has 0 aromatic carbocycles. The summed E-state index contributed by atoms with van der Waals surface area (Å²) in [6, 6.07) is -1.03. The Balaban J connectivity index is 2.05. The van der Waals surface area contributed by atoms with Crippen LogP contribution in [0.2, 0.25) is 0 Å². The zero-order valence-electron chi connectivity index (χ0n) is 13.8. The third kappa shape index (κ3) is 5.46. The Bertz CT molecular complexity index is 776. The van der Waals surface area contributed by atoms with Crippen LogP contribution in [0.3, 0.4) is 0 Å². The van der Waals surface area contributed by atoms with Gasteiger partial charge in [0.1, 0.15) is 10.4 Å². The van der Waals surface area contributed by atoms with Gasteiger partial charge in [-0.05, 0) is 25.5 Å². The number of thioether (sulfide) groups is 2. The number of carbonyl (C=O) groups is 2. The van der Waals surface area contributed by atoms with Gasteiger partial charge in [0.15, 0.2) is 0 Å². The number of carbonyl (C=O) groups excluding carboxylic acids is 1. The van der Waals surface area contributed by atoms with Crippen LogP contribution in [0.5, 0.6) is 0 Å². The van der Waals surface area contributed by atoms with E-state index in [0.29, 0.717) is 17.9 Å². The minimum atomic E-state index is -3.97. The highest BCUT2D eigenvalue weighted by molar-refractivity contribution is 8.26. The Hall–Kier alpha value is -1.08. The molecule has 12 heteroatoms. The van der Waals surface area contributed by atoms with Gasteiger partial charge in [-0.2, -0.15) is 8.42 Å². The number of allylic oxidation sites excluding steroid dienone is 2. The third-order valence-corrected chi connectivity index (χ3v) is 6.93. The van der Waals surface area contributed by atoms with Gasteiger partial charge < -0.3 is 10.0 Å². The van der Waals surface area contributed by atoms with E-state index in [0.717, 1.165) is 34.0 Å². The molecule has 2 aliphatic rings. The quantitative estimate of drug-likeness (QED) is 0.343. The molecular weight excluding hydrogens is 420 g/mol. The molecule has 0 aromatic rings. The van der Waals surface area contributed by atoms with Gasteiger partial charge in [0.25, 0.3) is 16.0 Å². The lowest BCUT2D eigenvalue weighted by Gasteiger charge is -2.19. The number of amides is 1. The molecule has 2 N–H and O–H groups in total. The molecule has 1 atom stereocenters. The van der Waals surface area contributed by atoms with Crippen LogP contribution in [0.4, 0.5) is 0 Å². The standard InChI is InChI=1S/C14H18N2O6S4/c1-9(13(18)19)16-12(17)10(25-14(16)23)3-4-11-15(6-7-24-11)5-2-8-26(20,21)22/h3-4,9H,2,5-8H2,1H3,(H,18,19)(H,20,21,22)/b10-3+,11-4+. The minimum absolute atomic E-state index is 0.207. The van der Waals surface area contributed by atoms with Crippen LogP contribution in [0.25, 0.3) is 0 Å². The molecule has 26 heavy (non-hydrogen) atoms. The molecule has 2 fully saturated rings. The Morgan fingerprint density at radius 1 is 1.42 bits per heavy atom. The molecule has 0 bridgehead atoms. The van der Waals surface area contributed by atoms with Gasteiger partial charge in [0.2, 0.25) is 0 Å². The Morgan fingerprint density at radius 3 is 2.73 bits per heavy atom. The molecular formula is C14H18N2O6S4. The molecule has 0 aliphatic carbocycles. The van der Waals surface area contributed by atoms with Crippen LogP contribution in [0.1, 0.15) is 13.3 Å². The second-order valence-electron chi connectivity index (χ2n) is 5.57. The highest BCUT2D eigenvalue weighted by atomic mass is 32.2. The SMILES string of the molecule is CC(C(=O)O)N1C(=O)/C(=C\C=C2\SCCN2CCCS(=O)(=O)O)SC1=S. The Morgan fingerprint density at radius 2 is 2.12 bits per heavy atom. The van der Waals surface area contributed by atoms with Crippen LogP contribution < -0.4 is 0 Å². The van der Waals surface area contributed by atoms with Crippen molar-refractivity contribution in [2.24, 2.45) is 0 Å². The number of hydrogen-bond acceptors (Lipinski definition) is 8. The molecule has 8 nitrogen and oxygen atoms in total. The van der Waals surface area contributed by atoms with Gasteiger partial charge in [-0.15, -0.1) is 11.8 Å². The largest absolute Gasteiger partial charge is 0.480 e. The highest BCUT2D eigenvalue weighted by Crippen LogP contribution is 2.34. The lowest BCUT2D eigenvalue weighted by molar-refractivity contribution is -0.144. The number of carboxylic acids is 1.